The highest BCUT2D eigenvalue weighted by Gasteiger charge is 2.05. The molecular weight excluding hydrogens is 216 g/mol. The van der Waals surface area contributed by atoms with Crippen molar-refractivity contribution in [3.05, 3.63) is 35.4 Å². The van der Waals surface area contributed by atoms with Crippen LogP contribution in [0.2, 0.25) is 0 Å². The average molecular weight is 229 g/mol. The van der Waals surface area contributed by atoms with Gasteiger partial charge in [-0.15, -0.1) is 0 Å². The molecule has 0 bridgehead atoms. The van der Waals surface area contributed by atoms with E-state index in [0.717, 1.165) is 17.3 Å². The van der Waals surface area contributed by atoms with E-state index in [1.54, 1.807) is 6.92 Å². The maximum Gasteiger partial charge on any atom is 0.0764 e. The third kappa shape index (κ3) is 2.32. The molecule has 66 valence electrons. The largest absolute Gasteiger partial charge is 0.389 e. The molecule has 0 aliphatic carbocycles. The molecule has 1 N–H and O–H groups in total. The SMILES string of the molecule is CC(O)c1ccccc1CCBr. The Labute approximate surface area is 81.6 Å². The van der Waals surface area contributed by atoms with E-state index < -0.39 is 0 Å². The predicted molar refractivity (Wildman–Crippen MR) is 54.6 cm³/mol. The molecule has 0 saturated heterocycles. The van der Waals surface area contributed by atoms with Crippen LogP contribution in [-0.4, -0.2) is 10.4 Å². The Morgan fingerprint density at radius 2 is 2.08 bits per heavy atom. The maximum atomic E-state index is 9.42. The van der Waals surface area contributed by atoms with Gasteiger partial charge in [0.2, 0.25) is 0 Å². The van der Waals surface area contributed by atoms with Gasteiger partial charge in [-0.05, 0) is 24.5 Å². The van der Waals surface area contributed by atoms with E-state index in [1.807, 2.05) is 18.2 Å². The Hall–Kier alpha value is -0.340. The molecule has 0 aromatic heterocycles. The minimum absolute atomic E-state index is 0.361. The summed E-state index contributed by atoms with van der Waals surface area (Å²) in [6.07, 6.45) is 0.612. The summed E-state index contributed by atoms with van der Waals surface area (Å²) in [7, 11) is 0. The van der Waals surface area contributed by atoms with Crippen molar-refractivity contribution in [1.82, 2.24) is 0 Å². The van der Waals surface area contributed by atoms with Gasteiger partial charge >= 0.3 is 0 Å². The van der Waals surface area contributed by atoms with Crippen LogP contribution in [0.15, 0.2) is 24.3 Å². The molecule has 1 aromatic rings. The Morgan fingerprint density at radius 3 is 2.67 bits per heavy atom. The van der Waals surface area contributed by atoms with E-state index in [4.69, 9.17) is 0 Å². The first kappa shape index (κ1) is 9.75. The predicted octanol–water partition coefficient (Wildman–Crippen LogP) is 2.68. The summed E-state index contributed by atoms with van der Waals surface area (Å²) >= 11 is 3.39. The lowest BCUT2D eigenvalue weighted by Crippen LogP contribution is -1.98. The molecule has 2 heteroatoms. The molecule has 0 spiro atoms. The van der Waals surface area contributed by atoms with Gasteiger partial charge in [0.15, 0.2) is 0 Å². The van der Waals surface area contributed by atoms with Crippen molar-refractivity contribution >= 4 is 15.9 Å². The van der Waals surface area contributed by atoms with Gasteiger partial charge in [-0.3, -0.25) is 0 Å². The molecule has 0 aliphatic heterocycles. The van der Waals surface area contributed by atoms with Crippen molar-refractivity contribution in [2.75, 3.05) is 5.33 Å². The maximum absolute atomic E-state index is 9.42. The molecule has 12 heavy (non-hydrogen) atoms. The van der Waals surface area contributed by atoms with Crippen molar-refractivity contribution in [2.24, 2.45) is 0 Å². The highest BCUT2D eigenvalue weighted by molar-refractivity contribution is 9.09. The zero-order valence-electron chi connectivity index (χ0n) is 7.13. The Kier molecular flexibility index (Phi) is 3.76. The highest BCUT2D eigenvalue weighted by atomic mass is 79.9. The second-order valence-electron chi connectivity index (χ2n) is 2.81. The number of hydrogen-bond acceptors (Lipinski definition) is 1. The highest BCUT2D eigenvalue weighted by Crippen LogP contribution is 2.18. The first-order valence-electron chi connectivity index (χ1n) is 4.07. The third-order valence-electron chi connectivity index (χ3n) is 1.87. The molecule has 1 aromatic carbocycles. The van der Waals surface area contributed by atoms with Crippen molar-refractivity contribution in [1.29, 1.82) is 0 Å². The number of aliphatic hydroxyl groups excluding tert-OH is 1. The summed E-state index contributed by atoms with van der Waals surface area (Å²) in [6.45, 7) is 1.80. The van der Waals surface area contributed by atoms with Gasteiger partial charge in [-0.2, -0.15) is 0 Å². The lowest BCUT2D eigenvalue weighted by Gasteiger charge is -2.09. The number of halogens is 1. The van der Waals surface area contributed by atoms with Gasteiger partial charge in [0.25, 0.3) is 0 Å². The van der Waals surface area contributed by atoms with E-state index in [9.17, 15) is 5.11 Å². The first-order valence-corrected chi connectivity index (χ1v) is 5.19. The fourth-order valence-corrected chi connectivity index (χ4v) is 1.70. The van der Waals surface area contributed by atoms with Gasteiger partial charge in [-0.25, -0.2) is 0 Å². The van der Waals surface area contributed by atoms with Gasteiger partial charge in [0.05, 0.1) is 6.10 Å². The number of alkyl halides is 1. The Bertz CT molecular complexity index is 245. The summed E-state index contributed by atoms with van der Waals surface area (Å²) < 4.78 is 0. The summed E-state index contributed by atoms with van der Waals surface area (Å²) in [5.74, 6) is 0. The van der Waals surface area contributed by atoms with E-state index in [-0.39, 0.29) is 6.10 Å². The summed E-state index contributed by atoms with van der Waals surface area (Å²) in [6, 6.07) is 8.00. The fourth-order valence-electron chi connectivity index (χ4n) is 1.27. The second kappa shape index (κ2) is 4.63. The molecule has 1 nitrogen and oxygen atoms in total. The Morgan fingerprint density at radius 1 is 1.42 bits per heavy atom. The van der Waals surface area contributed by atoms with Gasteiger partial charge < -0.3 is 5.11 Å². The third-order valence-corrected chi connectivity index (χ3v) is 2.27. The summed E-state index contributed by atoms with van der Waals surface area (Å²) in [4.78, 5) is 0. The number of aryl methyl sites for hydroxylation is 1. The van der Waals surface area contributed by atoms with E-state index >= 15 is 0 Å². The second-order valence-corrected chi connectivity index (χ2v) is 3.61. The Balaban J connectivity index is 2.92. The number of benzene rings is 1. The molecule has 1 unspecified atom stereocenters. The van der Waals surface area contributed by atoms with Crippen molar-refractivity contribution < 1.29 is 5.11 Å². The molecule has 0 heterocycles. The van der Waals surface area contributed by atoms with Crippen LogP contribution in [0, 0.1) is 0 Å². The van der Waals surface area contributed by atoms with Gasteiger partial charge in [0, 0.05) is 5.33 Å². The molecule has 0 radical (unpaired) electrons. The minimum Gasteiger partial charge on any atom is -0.389 e. The quantitative estimate of drug-likeness (QED) is 0.790. The van der Waals surface area contributed by atoms with Crippen LogP contribution in [0.5, 0.6) is 0 Å². The smallest absolute Gasteiger partial charge is 0.0764 e. The lowest BCUT2D eigenvalue weighted by molar-refractivity contribution is 0.198. The molecule has 0 aliphatic rings. The zero-order valence-corrected chi connectivity index (χ0v) is 8.71. The molecule has 0 fully saturated rings. The standard InChI is InChI=1S/C10H13BrO/c1-8(12)10-5-3-2-4-9(10)6-7-11/h2-5,8,12H,6-7H2,1H3. The molecule has 0 amide bonds. The van der Waals surface area contributed by atoms with Crippen LogP contribution in [0.25, 0.3) is 0 Å². The van der Waals surface area contributed by atoms with Crippen LogP contribution in [0.4, 0.5) is 0 Å². The number of rotatable bonds is 3. The van der Waals surface area contributed by atoms with Crippen LogP contribution in [0.3, 0.4) is 0 Å². The van der Waals surface area contributed by atoms with Crippen LogP contribution in [-0.2, 0) is 6.42 Å². The van der Waals surface area contributed by atoms with E-state index in [0.29, 0.717) is 0 Å². The van der Waals surface area contributed by atoms with Crippen LogP contribution in [0.1, 0.15) is 24.2 Å². The van der Waals surface area contributed by atoms with E-state index in [1.165, 1.54) is 5.56 Å². The van der Waals surface area contributed by atoms with Crippen LogP contribution < -0.4 is 0 Å². The molecular formula is C10H13BrO. The molecule has 1 rings (SSSR count). The number of hydrogen-bond donors (Lipinski definition) is 1. The van der Waals surface area contributed by atoms with Gasteiger partial charge in [-0.1, -0.05) is 40.2 Å². The van der Waals surface area contributed by atoms with Crippen molar-refractivity contribution in [2.45, 2.75) is 19.4 Å². The molecule has 1 atom stereocenters. The van der Waals surface area contributed by atoms with Crippen molar-refractivity contribution in [3.63, 3.8) is 0 Å². The zero-order chi connectivity index (χ0) is 8.97. The van der Waals surface area contributed by atoms with Crippen molar-refractivity contribution in [3.8, 4) is 0 Å². The topological polar surface area (TPSA) is 20.2 Å². The lowest BCUT2D eigenvalue weighted by atomic mass is 10.0. The fraction of sp³-hybridized carbons (Fsp3) is 0.400. The van der Waals surface area contributed by atoms with E-state index in [2.05, 4.69) is 22.0 Å². The van der Waals surface area contributed by atoms with Crippen LogP contribution >= 0.6 is 15.9 Å². The average Bonchev–Trinajstić information content (AvgIpc) is 2.05. The minimum atomic E-state index is -0.361. The first-order chi connectivity index (χ1) is 5.75. The summed E-state index contributed by atoms with van der Waals surface area (Å²) in [5.41, 5.74) is 2.27. The summed E-state index contributed by atoms with van der Waals surface area (Å²) in [5, 5.41) is 10.4. The monoisotopic (exact) mass is 228 g/mol. The number of aliphatic hydroxyl groups is 1. The van der Waals surface area contributed by atoms with Gasteiger partial charge in [0.1, 0.15) is 0 Å². The normalized spacial score (nSPS) is 12.9. The molecule has 0 saturated carbocycles.